The minimum atomic E-state index is -0.473. The largest absolute Gasteiger partial charge is 0.354 e. The van der Waals surface area contributed by atoms with Gasteiger partial charge in [-0.2, -0.15) is 5.26 Å². The number of nitriles is 1. The molecule has 0 aliphatic carbocycles. The van der Waals surface area contributed by atoms with Gasteiger partial charge in [0.05, 0.1) is 28.6 Å². The molecule has 0 atom stereocenters. The lowest BCUT2D eigenvalue weighted by atomic mass is 10.1. The normalized spacial score (nSPS) is 17.7. The van der Waals surface area contributed by atoms with Gasteiger partial charge in [0.2, 0.25) is 5.91 Å². The van der Waals surface area contributed by atoms with E-state index in [2.05, 4.69) is 20.9 Å². The van der Waals surface area contributed by atoms with Crippen LogP contribution in [0.15, 0.2) is 24.3 Å². The molecule has 2 aliphatic rings. The molecule has 9 nitrogen and oxygen atoms in total. The van der Waals surface area contributed by atoms with Gasteiger partial charge < -0.3 is 9.80 Å². The molecular formula is C21H24N6O3. The second-order valence-electron chi connectivity index (χ2n) is 7.80. The fourth-order valence-corrected chi connectivity index (χ4v) is 4.14. The van der Waals surface area contributed by atoms with Gasteiger partial charge >= 0.3 is 0 Å². The summed E-state index contributed by atoms with van der Waals surface area (Å²) in [5.74, 6) is 0.898. The van der Waals surface area contributed by atoms with Crippen molar-refractivity contribution in [3.8, 4) is 6.07 Å². The van der Waals surface area contributed by atoms with E-state index >= 15 is 0 Å². The van der Waals surface area contributed by atoms with Crippen LogP contribution in [-0.2, 0) is 4.79 Å². The van der Waals surface area contributed by atoms with Gasteiger partial charge in [0.15, 0.2) is 0 Å². The predicted octanol–water partition coefficient (Wildman–Crippen LogP) is 2.15. The maximum absolute atomic E-state index is 12.5. The van der Waals surface area contributed by atoms with E-state index in [0.717, 1.165) is 39.0 Å². The Morgan fingerprint density at radius 2 is 1.83 bits per heavy atom. The van der Waals surface area contributed by atoms with Crippen molar-refractivity contribution in [2.45, 2.75) is 19.3 Å². The number of piperidine rings is 1. The minimum absolute atomic E-state index is 0.0551. The Kier molecular flexibility index (Phi) is 5.77. The standard InChI is InChI=1S/C21H24N6O3/c22-14-16-12-20(23-19-5-4-17(27(29)30)13-18(16)19)25-10-8-24(9-11-25)15-21(28)26-6-2-1-3-7-26/h4-5,12-13H,1-3,6-11,15H2. The summed E-state index contributed by atoms with van der Waals surface area (Å²) in [5.41, 5.74) is 0.888. The molecule has 2 saturated heterocycles. The fraction of sp³-hybridized carbons (Fsp3) is 0.476. The summed E-state index contributed by atoms with van der Waals surface area (Å²) in [7, 11) is 0. The highest BCUT2D eigenvalue weighted by atomic mass is 16.6. The molecule has 2 aliphatic heterocycles. The molecular weight excluding hydrogens is 384 g/mol. The van der Waals surface area contributed by atoms with E-state index < -0.39 is 4.92 Å². The highest BCUT2D eigenvalue weighted by Crippen LogP contribution is 2.27. The Balaban J connectivity index is 1.44. The van der Waals surface area contributed by atoms with Gasteiger partial charge in [-0.25, -0.2) is 4.98 Å². The van der Waals surface area contributed by atoms with E-state index in [0.29, 0.717) is 41.9 Å². The van der Waals surface area contributed by atoms with Gasteiger partial charge in [-0.3, -0.25) is 19.8 Å². The van der Waals surface area contributed by atoms with E-state index in [1.54, 1.807) is 12.1 Å². The molecule has 0 unspecified atom stereocenters. The van der Waals surface area contributed by atoms with Gasteiger partial charge in [-0.1, -0.05) is 0 Å². The molecule has 9 heteroatoms. The van der Waals surface area contributed by atoms with Crippen molar-refractivity contribution < 1.29 is 9.72 Å². The molecule has 3 heterocycles. The lowest BCUT2D eigenvalue weighted by Gasteiger charge is -2.36. The molecule has 4 rings (SSSR count). The lowest BCUT2D eigenvalue weighted by molar-refractivity contribution is -0.384. The Bertz CT molecular complexity index is 1000. The fourth-order valence-electron chi connectivity index (χ4n) is 4.14. The topological polar surface area (TPSA) is 107 Å². The van der Waals surface area contributed by atoms with Crippen LogP contribution in [0.25, 0.3) is 10.9 Å². The van der Waals surface area contributed by atoms with Crippen molar-refractivity contribution in [1.29, 1.82) is 5.26 Å². The third-order valence-electron chi connectivity index (χ3n) is 5.87. The SMILES string of the molecule is N#Cc1cc(N2CCN(CC(=O)N3CCCCC3)CC2)nc2ccc([N+](=O)[O-])cc12. The first-order valence-electron chi connectivity index (χ1n) is 10.3. The van der Waals surface area contributed by atoms with Crippen LogP contribution >= 0.6 is 0 Å². The quantitative estimate of drug-likeness (QED) is 0.563. The number of aromatic nitrogens is 1. The molecule has 1 aromatic carbocycles. The number of fused-ring (bicyclic) bond motifs is 1. The van der Waals surface area contributed by atoms with E-state index in [-0.39, 0.29) is 11.6 Å². The Hall–Kier alpha value is -3.25. The number of rotatable bonds is 4. The van der Waals surface area contributed by atoms with Crippen molar-refractivity contribution in [3.05, 3.63) is 39.9 Å². The molecule has 156 valence electrons. The number of nitro groups is 1. The van der Waals surface area contributed by atoms with Crippen molar-refractivity contribution in [1.82, 2.24) is 14.8 Å². The zero-order valence-electron chi connectivity index (χ0n) is 16.8. The second-order valence-corrected chi connectivity index (χ2v) is 7.80. The number of carbonyl (C=O) groups excluding carboxylic acids is 1. The summed E-state index contributed by atoms with van der Waals surface area (Å²) in [6, 6.07) is 8.23. The zero-order chi connectivity index (χ0) is 21.1. The molecule has 0 N–H and O–H groups in total. The zero-order valence-corrected chi connectivity index (χ0v) is 16.8. The van der Waals surface area contributed by atoms with Crippen LogP contribution in [-0.4, -0.2) is 71.4 Å². The van der Waals surface area contributed by atoms with Crippen molar-refractivity contribution >= 4 is 28.3 Å². The molecule has 2 fully saturated rings. The van der Waals surface area contributed by atoms with Crippen molar-refractivity contribution in [3.63, 3.8) is 0 Å². The smallest absolute Gasteiger partial charge is 0.270 e. The molecule has 2 aromatic rings. The molecule has 0 saturated carbocycles. The molecule has 0 radical (unpaired) electrons. The van der Waals surface area contributed by atoms with E-state index in [1.165, 1.54) is 18.6 Å². The monoisotopic (exact) mass is 408 g/mol. The first-order chi connectivity index (χ1) is 14.5. The summed E-state index contributed by atoms with van der Waals surface area (Å²) in [4.78, 5) is 33.9. The summed E-state index contributed by atoms with van der Waals surface area (Å²) in [5, 5.41) is 21.1. The minimum Gasteiger partial charge on any atom is -0.354 e. The molecule has 1 amide bonds. The molecule has 0 spiro atoms. The van der Waals surface area contributed by atoms with Gasteiger partial charge in [0, 0.05) is 56.8 Å². The maximum atomic E-state index is 12.5. The van der Waals surface area contributed by atoms with Crippen molar-refractivity contribution in [2.24, 2.45) is 0 Å². The van der Waals surface area contributed by atoms with Crippen molar-refractivity contribution in [2.75, 3.05) is 50.7 Å². The summed E-state index contributed by atoms with van der Waals surface area (Å²) < 4.78 is 0. The van der Waals surface area contributed by atoms with E-state index in [9.17, 15) is 20.2 Å². The average molecular weight is 408 g/mol. The van der Waals surface area contributed by atoms with Gasteiger partial charge in [0.1, 0.15) is 5.82 Å². The van der Waals surface area contributed by atoms with Crippen LogP contribution in [0.5, 0.6) is 0 Å². The van der Waals surface area contributed by atoms with E-state index in [4.69, 9.17) is 0 Å². The Morgan fingerprint density at radius 1 is 1.10 bits per heavy atom. The first kappa shape index (κ1) is 20.0. The number of benzene rings is 1. The van der Waals surface area contributed by atoms with Crippen LogP contribution in [0, 0.1) is 21.4 Å². The summed E-state index contributed by atoms with van der Waals surface area (Å²) >= 11 is 0. The number of nitro benzene ring substituents is 1. The summed E-state index contributed by atoms with van der Waals surface area (Å²) in [6.45, 7) is 5.12. The number of hydrogen-bond acceptors (Lipinski definition) is 7. The number of nitrogens with zero attached hydrogens (tertiary/aromatic N) is 6. The Morgan fingerprint density at radius 3 is 2.50 bits per heavy atom. The third-order valence-corrected chi connectivity index (χ3v) is 5.87. The van der Waals surface area contributed by atoms with Gasteiger partial charge in [-0.15, -0.1) is 0 Å². The number of pyridine rings is 1. The van der Waals surface area contributed by atoms with Crippen LogP contribution in [0.1, 0.15) is 24.8 Å². The summed E-state index contributed by atoms with van der Waals surface area (Å²) in [6.07, 6.45) is 3.40. The first-order valence-corrected chi connectivity index (χ1v) is 10.3. The van der Waals surface area contributed by atoms with Crippen LogP contribution in [0.3, 0.4) is 0 Å². The number of non-ortho nitro benzene ring substituents is 1. The average Bonchev–Trinajstić information content (AvgIpc) is 2.79. The van der Waals surface area contributed by atoms with Crippen LogP contribution in [0.4, 0.5) is 11.5 Å². The highest BCUT2D eigenvalue weighted by Gasteiger charge is 2.24. The molecule has 1 aromatic heterocycles. The number of anilines is 1. The number of amides is 1. The van der Waals surface area contributed by atoms with Crippen LogP contribution < -0.4 is 4.90 Å². The molecule has 0 bridgehead atoms. The van der Waals surface area contributed by atoms with Gasteiger partial charge in [-0.05, 0) is 31.4 Å². The van der Waals surface area contributed by atoms with E-state index in [1.807, 2.05) is 4.90 Å². The number of hydrogen-bond donors (Lipinski definition) is 0. The second kappa shape index (κ2) is 8.63. The number of carbonyl (C=O) groups is 1. The van der Waals surface area contributed by atoms with Gasteiger partial charge in [0.25, 0.3) is 5.69 Å². The molecule has 30 heavy (non-hydrogen) atoms. The lowest BCUT2D eigenvalue weighted by Crippen LogP contribution is -2.50. The number of likely N-dealkylation sites (tertiary alicyclic amines) is 1. The Labute approximate surface area is 174 Å². The maximum Gasteiger partial charge on any atom is 0.270 e. The highest BCUT2D eigenvalue weighted by molar-refractivity contribution is 5.88. The predicted molar refractivity (Wildman–Crippen MR) is 112 cm³/mol. The van der Waals surface area contributed by atoms with Crippen LogP contribution in [0.2, 0.25) is 0 Å². The number of piperazine rings is 1. The third kappa shape index (κ3) is 4.19.